The molecule has 0 unspecified atom stereocenters. The van der Waals surface area contributed by atoms with E-state index in [9.17, 15) is 4.79 Å². The maximum Gasteiger partial charge on any atom is 0.222 e. The lowest BCUT2D eigenvalue weighted by Crippen LogP contribution is -2.53. The van der Waals surface area contributed by atoms with E-state index in [2.05, 4.69) is 31.5 Å². The Morgan fingerprint density at radius 2 is 1.78 bits per heavy atom. The van der Waals surface area contributed by atoms with Crippen LogP contribution in [0.1, 0.15) is 13.8 Å². The fraction of sp³-hybridized carbons (Fsp3) is 0.579. The van der Waals surface area contributed by atoms with Gasteiger partial charge in [0.1, 0.15) is 5.75 Å². The molecule has 1 aliphatic rings. The molecule has 0 saturated carbocycles. The molecule has 1 aromatic rings. The Balaban J connectivity index is 0.00000364. The SMILES string of the molecule is CN=C(NCCNC(=O)C(C)C)N1CCN(c2ccccc2OC)CC1.I. The third-order valence-electron chi connectivity index (χ3n) is 4.45. The number of anilines is 1. The number of carbonyl (C=O) groups excluding carboxylic acids is 1. The summed E-state index contributed by atoms with van der Waals surface area (Å²) in [7, 11) is 3.50. The van der Waals surface area contributed by atoms with Crippen molar-refractivity contribution in [1.82, 2.24) is 15.5 Å². The minimum atomic E-state index is 0. The van der Waals surface area contributed by atoms with E-state index in [1.165, 1.54) is 0 Å². The normalized spacial score (nSPS) is 14.6. The second-order valence-corrected chi connectivity index (χ2v) is 6.57. The zero-order chi connectivity index (χ0) is 18.9. The lowest BCUT2D eigenvalue weighted by atomic mass is 10.2. The van der Waals surface area contributed by atoms with Gasteiger partial charge in [-0.2, -0.15) is 0 Å². The summed E-state index contributed by atoms with van der Waals surface area (Å²) < 4.78 is 5.47. The van der Waals surface area contributed by atoms with Crippen molar-refractivity contribution >= 4 is 41.5 Å². The average molecular weight is 489 g/mol. The molecule has 2 N–H and O–H groups in total. The number of rotatable bonds is 6. The van der Waals surface area contributed by atoms with Crippen molar-refractivity contribution in [2.45, 2.75) is 13.8 Å². The number of ether oxygens (including phenoxy) is 1. The highest BCUT2D eigenvalue weighted by atomic mass is 127. The quantitative estimate of drug-likeness (QED) is 0.276. The molecule has 1 amide bonds. The first-order chi connectivity index (χ1) is 12.6. The average Bonchev–Trinajstić information content (AvgIpc) is 2.68. The lowest BCUT2D eigenvalue weighted by Gasteiger charge is -2.38. The number of amides is 1. The number of aliphatic imine (C=N–C) groups is 1. The van der Waals surface area contributed by atoms with Crippen LogP contribution in [0.15, 0.2) is 29.3 Å². The van der Waals surface area contributed by atoms with Gasteiger partial charge in [0, 0.05) is 52.2 Å². The number of benzene rings is 1. The Morgan fingerprint density at radius 1 is 1.15 bits per heavy atom. The van der Waals surface area contributed by atoms with Crippen molar-refractivity contribution in [3.8, 4) is 5.75 Å². The number of methoxy groups -OCH3 is 1. The second kappa shape index (κ2) is 11.9. The first-order valence-corrected chi connectivity index (χ1v) is 9.18. The van der Waals surface area contributed by atoms with Crippen LogP contribution in [0, 0.1) is 5.92 Å². The van der Waals surface area contributed by atoms with Crippen LogP contribution in [0.4, 0.5) is 5.69 Å². The molecule has 1 heterocycles. The standard InChI is InChI=1S/C19H31N5O2.HI/c1-15(2)18(25)21-9-10-22-19(20-3)24-13-11-23(12-14-24)16-7-5-6-8-17(16)26-4;/h5-8,15H,9-14H2,1-4H3,(H,20,22)(H,21,25);1H. The summed E-state index contributed by atoms with van der Waals surface area (Å²) in [4.78, 5) is 20.5. The summed E-state index contributed by atoms with van der Waals surface area (Å²) in [6.45, 7) is 8.63. The number of carbonyl (C=O) groups is 1. The number of nitrogens with one attached hydrogen (secondary N) is 2. The summed E-state index contributed by atoms with van der Waals surface area (Å²) >= 11 is 0. The minimum Gasteiger partial charge on any atom is -0.495 e. The van der Waals surface area contributed by atoms with E-state index in [4.69, 9.17) is 4.74 Å². The first kappa shape index (κ1) is 23.3. The molecule has 0 aromatic heterocycles. The molecule has 8 heteroatoms. The van der Waals surface area contributed by atoms with Crippen LogP contribution in [0.5, 0.6) is 5.75 Å². The molecule has 0 bridgehead atoms. The van der Waals surface area contributed by atoms with Crippen LogP contribution >= 0.6 is 24.0 Å². The highest BCUT2D eigenvalue weighted by Gasteiger charge is 2.21. The van der Waals surface area contributed by atoms with Gasteiger partial charge in [0.05, 0.1) is 12.8 Å². The molecule has 2 rings (SSSR count). The Morgan fingerprint density at radius 3 is 2.37 bits per heavy atom. The molecule has 1 aliphatic heterocycles. The molecular weight excluding hydrogens is 457 g/mol. The van der Waals surface area contributed by atoms with Crippen LogP contribution in [-0.4, -0.2) is 70.2 Å². The maximum absolute atomic E-state index is 11.6. The van der Waals surface area contributed by atoms with Crippen molar-refractivity contribution in [3.63, 3.8) is 0 Å². The van der Waals surface area contributed by atoms with E-state index in [1.807, 2.05) is 32.0 Å². The van der Waals surface area contributed by atoms with Crippen LogP contribution < -0.4 is 20.3 Å². The van der Waals surface area contributed by atoms with Crippen LogP contribution in [0.25, 0.3) is 0 Å². The van der Waals surface area contributed by atoms with Crippen molar-refractivity contribution in [3.05, 3.63) is 24.3 Å². The van der Waals surface area contributed by atoms with Crippen molar-refractivity contribution in [2.24, 2.45) is 10.9 Å². The molecule has 0 aliphatic carbocycles. The summed E-state index contributed by atoms with van der Waals surface area (Å²) in [5.74, 6) is 1.87. The highest BCUT2D eigenvalue weighted by molar-refractivity contribution is 14.0. The summed E-state index contributed by atoms with van der Waals surface area (Å²) in [5, 5.41) is 6.24. The summed E-state index contributed by atoms with van der Waals surface area (Å²) in [6.07, 6.45) is 0. The number of piperazine rings is 1. The van der Waals surface area contributed by atoms with E-state index in [-0.39, 0.29) is 35.8 Å². The minimum absolute atomic E-state index is 0. The van der Waals surface area contributed by atoms with Gasteiger partial charge in [0.15, 0.2) is 5.96 Å². The van der Waals surface area contributed by atoms with Crippen molar-refractivity contribution in [1.29, 1.82) is 0 Å². The molecule has 1 fully saturated rings. The van der Waals surface area contributed by atoms with Crippen LogP contribution in [0.3, 0.4) is 0 Å². The maximum atomic E-state index is 11.6. The van der Waals surface area contributed by atoms with Gasteiger partial charge in [-0.05, 0) is 12.1 Å². The van der Waals surface area contributed by atoms with E-state index in [0.29, 0.717) is 13.1 Å². The Bertz CT molecular complexity index is 616. The van der Waals surface area contributed by atoms with Gasteiger partial charge in [0.25, 0.3) is 0 Å². The number of halogens is 1. The zero-order valence-electron chi connectivity index (χ0n) is 16.7. The van der Waals surface area contributed by atoms with Gasteiger partial charge in [-0.1, -0.05) is 26.0 Å². The topological polar surface area (TPSA) is 69.2 Å². The highest BCUT2D eigenvalue weighted by Crippen LogP contribution is 2.28. The number of hydrogen-bond donors (Lipinski definition) is 2. The van der Waals surface area contributed by atoms with Gasteiger partial charge < -0.3 is 25.2 Å². The molecule has 1 saturated heterocycles. The summed E-state index contributed by atoms with van der Waals surface area (Å²) in [5.41, 5.74) is 1.13. The third-order valence-corrected chi connectivity index (χ3v) is 4.45. The molecule has 7 nitrogen and oxygen atoms in total. The largest absolute Gasteiger partial charge is 0.495 e. The Hall–Kier alpha value is -1.71. The molecule has 0 radical (unpaired) electrons. The van der Waals surface area contributed by atoms with E-state index < -0.39 is 0 Å². The smallest absolute Gasteiger partial charge is 0.222 e. The number of guanidine groups is 1. The molecule has 0 atom stereocenters. The predicted octanol–water partition coefficient (Wildman–Crippen LogP) is 1.78. The van der Waals surface area contributed by atoms with Gasteiger partial charge in [0.2, 0.25) is 5.91 Å². The monoisotopic (exact) mass is 489 g/mol. The van der Waals surface area contributed by atoms with E-state index in [1.54, 1.807) is 14.2 Å². The lowest BCUT2D eigenvalue weighted by molar-refractivity contribution is -0.123. The van der Waals surface area contributed by atoms with Crippen LogP contribution in [-0.2, 0) is 4.79 Å². The van der Waals surface area contributed by atoms with Gasteiger partial charge in [-0.15, -0.1) is 24.0 Å². The third kappa shape index (κ3) is 6.75. The van der Waals surface area contributed by atoms with E-state index >= 15 is 0 Å². The number of para-hydroxylation sites is 2. The second-order valence-electron chi connectivity index (χ2n) is 6.57. The van der Waals surface area contributed by atoms with E-state index in [0.717, 1.165) is 43.6 Å². The Kier molecular flexibility index (Phi) is 10.3. The molecule has 152 valence electrons. The zero-order valence-corrected chi connectivity index (χ0v) is 19.0. The van der Waals surface area contributed by atoms with Gasteiger partial charge >= 0.3 is 0 Å². The number of hydrogen-bond acceptors (Lipinski definition) is 4. The molecular formula is C19H32IN5O2. The predicted molar refractivity (Wildman–Crippen MR) is 121 cm³/mol. The molecule has 1 aromatic carbocycles. The molecule has 0 spiro atoms. The van der Waals surface area contributed by atoms with Crippen LogP contribution in [0.2, 0.25) is 0 Å². The summed E-state index contributed by atoms with van der Waals surface area (Å²) in [6, 6.07) is 8.12. The number of nitrogens with zero attached hydrogens (tertiary/aromatic N) is 3. The Labute approximate surface area is 179 Å². The van der Waals surface area contributed by atoms with Crippen molar-refractivity contribution in [2.75, 3.05) is 58.3 Å². The first-order valence-electron chi connectivity index (χ1n) is 9.18. The fourth-order valence-corrected chi connectivity index (χ4v) is 2.95. The van der Waals surface area contributed by atoms with Gasteiger partial charge in [-0.25, -0.2) is 0 Å². The van der Waals surface area contributed by atoms with Gasteiger partial charge in [-0.3, -0.25) is 9.79 Å². The van der Waals surface area contributed by atoms with Crippen molar-refractivity contribution < 1.29 is 9.53 Å². The molecule has 27 heavy (non-hydrogen) atoms. The fourth-order valence-electron chi connectivity index (χ4n) is 2.95.